The lowest BCUT2D eigenvalue weighted by Gasteiger charge is -2.50. The summed E-state index contributed by atoms with van der Waals surface area (Å²) in [5, 5.41) is 13.4. The van der Waals surface area contributed by atoms with Gasteiger partial charge in [0.2, 0.25) is 11.8 Å². The molecule has 0 radical (unpaired) electrons. The third-order valence-electron chi connectivity index (χ3n) is 4.69. The summed E-state index contributed by atoms with van der Waals surface area (Å²) in [6.45, 7) is 3.01. The number of anilines is 1. The predicted octanol–water partition coefficient (Wildman–Crippen LogP) is 0.426. The Bertz CT molecular complexity index is 470. The largest absolute Gasteiger partial charge is 0.481 e. The van der Waals surface area contributed by atoms with Gasteiger partial charge in [-0.25, -0.2) is 4.98 Å². The van der Waals surface area contributed by atoms with Crippen LogP contribution in [-0.4, -0.2) is 54.5 Å². The van der Waals surface area contributed by atoms with Gasteiger partial charge >= 0.3 is 0 Å². The minimum Gasteiger partial charge on any atom is -0.481 e. The van der Waals surface area contributed by atoms with E-state index in [1.54, 1.807) is 19.4 Å². The molecule has 1 aromatic heterocycles. The summed E-state index contributed by atoms with van der Waals surface area (Å²) in [5.74, 6) is 1.30. The van der Waals surface area contributed by atoms with Crippen LogP contribution in [0.1, 0.15) is 19.3 Å². The molecule has 0 aliphatic carbocycles. The summed E-state index contributed by atoms with van der Waals surface area (Å²) in [6.07, 6.45) is 4.95. The van der Waals surface area contributed by atoms with Crippen LogP contribution in [0.5, 0.6) is 5.88 Å². The average Bonchev–Trinajstić information content (AvgIpc) is 2.54. The molecular formula is C14H22N4O2. The van der Waals surface area contributed by atoms with Gasteiger partial charge in [0.1, 0.15) is 0 Å². The second-order valence-electron chi connectivity index (χ2n) is 5.73. The number of nitrogens with one attached hydrogen (secondary N) is 1. The van der Waals surface area contributed by atoms with Crippen molar-refractivity contribution in [1.29, 1.82) is 0 Å². The fourth-order valence-corrected chi connectivity index (χ4v) is 3.38. The topological polar surface area (TPSA) is 70.5 Å². The number of nitrogens with zero attached hydrogens (tertiary/aromatic N) is 3. The molecule has 2 N–H and O–H groups in total. The zero-order valence-electron chi connectivity index (χ0n) is 11.9. The minimum absolute atomic E-state index is 0.0353. The molecule has 2 aliphatic heterocycles. The standard InChI is InChI=1S/C14H22N4O2/c1-20-12-3-7-16-13(17-12)18-8-5-14(10-19)4-2-6-15-11(14)9-18/h3,7,11,15,19H,2,4-6,8-10H2,1H3/t11-,14-/m1/s1. The molecule has 20 heavy (non-hydrogen) atoms. The van der Waals surface area contributed by atoms with Gasteiger partial charge in [-0.15, -0.1) is 0 Å². The summed E-state index contributed by atoms with van der Waals surface area (Å²) in [4.78, 5) is 10.9. The highest BCUT2D eigenvalue weighted by molar-refractivity contribution is 5.34. The van der Waals surface area contributed by atoms with Crippen molar-refractivity contribution < 1.29 is 9.84 Å². The van der Waals surface area contributed by atoms with Crippen molar-refractivity contribution in [1.82, 2.24) is 15.3 Å². The molecule has 0 unspecified atom stereocenters. The summed E-state index contributed by atoms with van der Waals surface area (Å²) < 4.78 is 5.16. The van der Waals surface area contributed by atoms with E-state index in [9.17, 15) is 5.11 Å². The minimum atomic E-state index is 0.0353. The maximum absolute atomic E-state index is 9.81. The van der Waals surface area contributed by atoms with Crippen LogP contribution in [0.25, 0.3) is 0 Å². The Hall–Kier alpha value is -1.40. The van der Waals surface area contributed by atoms with Crippen LogP contribution in [0.15, 0.2) is 12.3 Å². The molecule has 3 heterocycles. The summed E-state index contributed by atoms with van der Waals surface area (Å²) in [7, 11) is 1.61. The fraction of sp³-hybridized carbons (Fsp3) is 0.714. The number of fused-ring (bicyclic) bond motifs is 1. The number of hydrogen-bond acceptors (Lipinski definition) is 6. The number of aliphatic hydroxyl groups is 1. The van der Waals surface area contributed by atoms with Crippen molar-refractivity contribution in [2.24, 2.45) is 5.41 Å². The van der Waals surface area contributed by atoms with Gasteiger partial charge in [-0.2, -0.15) is 4.98 Å². The van der Waals surface area contributed by atoms with E-state index in [-0.39, 0.29) is 12.0 Å². The number of hydrogen-bond donors (Lipinski definition) is 2. The number of aliphatic hydroxyl groups excluding tert-OH is 1. The fourth-order valence-electron chi connectivity index (χ4n) is 3.38. The molecule has 2 saturated heterocycles. The molecule has 2 aliphatic rings. The van der Waals surface area contributed by atoms with Crippen molar-refractivity contribution in [2.45, 2.75) is 25.3 Å². The molecule has 0 bridgehead atoms. The maximum Gasteiger partial charge on any atom is 0.228 e. The molecule has 0 amide bonds. The maximum atomic E-state index is 9.81. The van der Waals surface area contributed by atoms with Gasteiger partial charge in [0.05, 0.1) is 13.7 Å². The van der Waals surface area contributed by atoms with Crippen molar-refractivity contribution >= 4 is 5.95 Å². The first-order chi connectivity index (χ1) is 9.77. The normalized spacial score (nSPS) is 29.9. The van der Waals surface area contributed by atoms with Crippen molar-refractivity contribution in [3.63, 3.8) is 0 Å². The quantitative estimate of drug-likeness (QED) is 0.835. The Morgan fingerprint density at radius 1 is 1.55 bits per heavy atom. The average molecular weight is 278 g/mol. The van der Waals surface area contributed by atoms with Crippen LogP contribution in [0, 0.1) is 5.41 Å². The second kappa shape index (κ2) is 5.54. The molecule has 6 nitrogen and oxygen atoms in total. The highest BCUT2D eigenvalue weighted by atomic mass is 16.5. The van der Waals surface area contributed by atoms with E-state index in [0.29, 0.717) is 17.9 Å². The third-order valence-corrected chi connectivity index (χ3v) is 4.69. The van der Waals surface area contributed by atoms with Crippen LogP contribution >= 0.6 is 0 Å². The molecule has 2 fully saturated rings. The van der Waals surface area contributed by atoms with E-state index < -0.39 is 0 Å². The van der Waals surface area contributed by atoms with Gasteiger partial charge in [-0.1, -0.05) is 0 Å². The van der Waals surface area contributed by atoms with E-state index in [1.165, 1.54) is 0 Å². The third kappa shape index (κ3) is 2.33. The van der Waals surface area contributed by atoms with E-state index in [2.05, 4.69) is 20.2 Å². The molecule has 6 heteroatoms. The lowest BCUT2D eigenvalue weighted by molar-refractivity contribution is 0.0335. The molecule has 0 aromatic carbocycles. The highest BCUT2D eigenvalue weighted by Gasteiger charge is 2.44. The molecule has 3 rings (SSSR count). The molecule has 110 valence electrons. The molecular weight excluding hydrogens is 256 g/mol. The van der Waals surface area contributed by atoms with Crippen LogP contribution < -0.4 is 15.0 Å². The van der Waals surface area contributed by atoms with Gasteiger partial charge in [0.25, 0.3) is 0 Å². The zero-order chi connectivity index (χ0) is 14.0. The number of methoxy groups -OCH3 is 1. The summed E-state index contributed by atoms with van der Waals surface area (Å²) in [6, 6.07) is 2.06. The van der Waals surface area contributed by atoms with Crippen LogP contribution in [0.4, 0.5) is 5.95 Å². The summed E-state index contributed by atoms with van der Waals surface area (Å²) in [5.41, 5.74) is 0.0353. The number of aromatic nitrogens is 2. The number of rotatable bonds is 3. The Balaban J connectivity index is 1.77. The van der Waals surface area contributed by atoms with E-state index in [1.807, 2.05) is 0 Å². The lowest BCUT2D eigenvalue weighted by atomic mass is 9.70. The van der Waals surface area contributed by atoms with Gasteiger partial charge in [-0.05, 0) is 25.8 Å². The van der Waals surface area contributed by atoms with Crippen LogP contribution in [-0.2, 0) is 0 Å². The second-order valence-corrected chi connectivity index (χ2v) is 5.73. The molecule has 1 aromatic rings. The van der Waals surface area contributed by atoms with Gasteiger partial charge in [0, 0.05) is 36.8 Å². The first kappa shape index (κ1) is 13.6. The van der Waals surface area contributed by atoms with Crippen molar-refractivity contribution in [2.75, 3.05) is 38.3 Å². The zero-order valence-corrected chi connectivity index (χ0v) is 11.9. The van der Waals surface area contributed by atoms with E-state index >= 15 is 0 Å². The Kier molecular flexibility index (Phi) is 3.76. The Labute approximate surface area is 119 Å². The van der Waals surface area contributed by atoms with Crippen LogP contribution in [0.2, 0.25) is 0 Å². The number of piperidine rings is 2. The van der Waals surface area contributed by atoms with E-state index in [0.717, 1.165) is 38.9 Å². The van der Waals surface area contributed by atoms with Crippen molar-refractivity contribution in [3.8, 4) is 5.88 Å². The van der Waals surface area contributed by atoms with Gasteiger partial charge < -0.3 is 20.1 Å². The Morgan fingerprint density at radius 3 is 3.25 bits per heavy atom. The first-order valence-corrected chi connectivity index (χ1v) is 7.24. The monoisotopic (exact) mass is 278 g/mol. The predicted molar refractivity (Wildman–Crippen MR) is 76.0 cm³/mol. The van der Waals surface area contributed by atoms with Crippen molar-refractivity contribution in [3.05, 3.63) is 12.3 Å². The smallest absolute Gasteiger partial charge is 0.228 e. The molecule has 0 spiro atoms. The SMILES string of the molecule is COc1ccnc(N2CC[C@@]3(CO)CCCN[C@@H]3C2)n1. The first-order valence-electron chi connectivity index (χ1n) is 7.24. The molecule has 2 atom stereocenters. The van der Waals surface area contributed by atoms with Gasteiger partial charge in [0.15, 0.2) is 0 Å². The Morgan fingerprint density at radius 2 is 2.45 bits per heavy atom. The summed E-state index contributed by atoms with van der Waals surface area (Å²) >= 11 is 0. The highest BCUT2D eigenvalue weighted by Crippen LogP contribution is 2.38. The number of ether oxygens (including phenoxy) is 1. The van der Waals surface area contributed by atoms with Gasteiger partial charge in [-0.3, -0.25) is 0 Å². The lowest BCUT2D eigenvalue weighted by Crippen LogP contribution is -2.61. The van der Waals surface area contributed by atoms with E-state index in [4.69, 9.17) is 4.74 Å². The van der Waals surface area contributed by atoms with Crippen LogP contribution in [0.3, 0.4) is 0 Å². The molecule has 0 saturated carbocycles.